The fourth-order valence-electron chi connectivity index (χ4n) is 2.14. The fraction of sp³-hybridized carbons (Fsp3) is 0.200. The van der Waals surface area contributed by atoms with E-state index in [0.29, 0.717) is 5.56 Å². The van der Waals surface area contributed by atoms with Crippen molar-refractivity contribution < 1.29 is 17.9 Å². The Balaban J connectivity index is 2.57. The van der Waals surface area contributed by atoms with Gasteiger partial charge in [-0.05, 0) is 52.8 Å². The smallest absolute Gasteiger partial charge is 0.165 e. The predicted octanol–water partition coefficient (Wildman–Crippen LogP) is 4.18. The molecule has 2 nitrogen and oxygen atoms in total. The molecular formula is C15H13BrF3NO. The van der Waals surface area contributed by atoms with Gasteiger partial charge in [-0.1, -0.05) is 6.07 Å². The van der Waals surface area contributed by atoms with Gasteiger partial charge in [0.05, 0.1) is 17.6 Å². The lowest BCUT2D eigenvalue weighted by Crippen LogP contribution is -2.21. The van der Waals surface area contributed by atoms with Crippen molar-refractivity contribution in [2.24, 2.45) is 0 Å². The number of nitrogens with one attached hydrogen (secondary N) is 1. The molecule has 0 amide bonds. The van der Waals surface area contributed by atoms with Gasteiger partial charge in [0.2, 0.25) is 0 Å². The predicted molar refractivity (Wildman–Crippen MR) is 77.9 cm³/mol. The average molecular weight is 360 g/mol. The van der Waals surface area contributed by atoms with Gasteiger partial charge in [-0.2, -0.15) is 0 Å². The van der Waals surface area contributed by atoms with Crippen LogP contribution in [0.5, 0.6) is 5.75 Å². The van der Waals surface area contributed by atoms with Crippen LogP contribution in [-0.4, -0.2) is 14.2 Å². The van der Waals surface area contributed by atoms with Crippen molar-refractivity contribution in [1.82, 2.24) is 5.32 Å². The second kappa shape index (κ2) is 6.49. The summed E-state index contributed by atoms with van der Waals surface area (Å²) in [7, 11) is 2.90. The van der Waals surface area contributed by atoms with Gasteiger partial charge in [0.15, 0.2) is 11.6 Å². The summed E-state index contributed by atoms with van der Waals surface area (Å²) in [6, 6.07) is 5.78. The molecule has 0 aliphatic rings. The summed E-state index contributed by atoms with van der Waals surface area (Å²) in [5.41, 5.74) is 0.354. The molecule has 0 aliphatic heterocycles. The molecule has 0 aromatic heterocycles. The van der Waals surface area contributed by atoms with Crippen LogP contribution in [0, 0.1) is 17.5 Å². The van der Waals surface area contributed by atoms with Crippen molar-refractivity contribution in [3.8, 4) is 5.75 Å². The number of hydrogen-bond acceptors (Lipinski definition) is 2. The molecule has 1 unspecified atom stereocenters. The molecule has 0 saturated heterocycles. The molecule has 2 rings (SSSR count). The van der Waals surface area contributed by atoms with E-state index in [-0.39, 0.29) is 15.8 Å². The molecule has 21 heavy (non-hydrogen) atoms. The normalized spacial score (nSPS) is 12.3. The van der Waals surface area contributed by atoms with Crippen LogP contribution in [0.2, 0.25) is 0 Å². The fourth-order valence-corrected chi connectivity index (χ4v) is 2.49. The Kier molecular flexibility index (Phi) is 4.90. The Hall–Kier alpha value is -1.53. The number of halogens is 4. The highest BCUT2D eigenvalue weighted by Gasteiger charge is 2.23. The molecule has 1 atom stereocenters. The summed E-state index contributed by atoms with van der Waals surface area (Å²) in [5.74, 6) is -1.90. The minimum Gasteiger partial charge on any atom is -0.494 e. The van der Waals surface area contributed by atoms with Crippen LogP contribution in [0.4, 0.5) is 13.2 Å². The minimum atomic E-state index is -0.767. The molecule has 2 aromatic carbocycles. The van der Waals surface area contributed by atoms with E-state index in [4.69, 9.17) is 4.74 Å². The van der Waals surface area contributed by atoms with E-state index in [9.17, 15) is 13.2 Å². The standard InChI is InChI=1S/C15H13BrF3NO/c1-20-15(8-3-5-10(17)12(7-8)21-2)13-11(18)6-4-9(16)14(13)19/h3-7,15,20H,1-2H3. The van der Waals surface area contributed by atoms with Gasteiger partial charge in [0.1, 0.15) is 11.6 Å². The van der Waals surface area contributed by atoms with Crippen molar-refractivity contribution in [3.05, 3.63) is 63.4 Å². The first kappa shape index (κ1) is 15.9. The largest absolute Gasteiger partial charge is 0.494 e. The SMILES string of the molecule is CNC(c1ccc(F)c(OC)c1)c1c(F)ccc(Br)c1F. The Morgan fingerprint density at radius 1 is 1.10 bits per heavy atom. The molecule has 0 saturated carbocycles. The van der Waals surface area contributed by atoms with E-state index in [2.05, 4.69) is 21.2 Å². The van der Waals surface area contributed by atoms with Gasteiger partial charge in [-0.25, -0.2) is 13.2 Å². The average Bonchev–Trinajstić information content (AvgIpc) is 2.48. The molecule has 0 aliphatic carbocycles. The highest BCUT2D eigenvalue weighted by molar-refractivity contribution is 9.10. The lowest BCUT2D eigenvalue weighted by atomic mass is 9.97. The van der Waals surface area contributed by atoms with Gasteiger partial charge >= 0.3 is 0 Å². The first-order valence-corrected chi connectivity index (χ1v) is 6.93. The monoisotopic (exact) mass is 359 g/mol. The van der Waals surface area contributed by atoms with Crippen LogP contribution in [0.25, 0.3) is 0 Å². The molecule has 1 N–H and O–H groups in total. The van der Waals surface area contributed by atoms with E-state index in [1.165, 1.54) is 37.4 Å². The maximum Gasteiger partial charge on any atom is 0.165 e. The van der Waals surface area contributed by atoms with Gasteiger partial charge in [0.25, 0.3) is 0 Å². The molecule has 0 bridgehead atoms. The third-order valence-corrected chi connectivity index (χ3v) is 3.78. The zero-order chi connectivity index (χ0) is 15.6. The second-order valence-corrected chi connectivity index (χ2v) is 5.23. The Morgan fingerprint density at radius 3 is 2.38 bits per heavy atom. The van der Waals surface area contributed by atoms with Crippen molar-refractivity contribution in [2.75, 3.05) is 14.2 Å². The van der Waals surface area contributed by atoms with E-state index >= 15 is 0 Å². The summed E-state index contributed by atoms with van der Waals surface area (Å²) in [4.78, 5) is 0. The third kappa shape index (κ3) is 3.06. The molecular weight excluding hydrogens is 347 g/mol. The summed E-state index contributed by atoms with van der Waals surface area (Å²) in [5, 5.41) is 2.84. The molecule has 0 radical (unpaired) electrons. The van der Waals surface area contributed by atoms with Crippen molar-refractivity contribution >= 4 is 15.9 Å². The molecule has 0 fully saturated rings. The van der Waals surface area contributed by atoms with E-state index in [1.54, 1.807) is 7.05 Å². The number of ether oxygens (including phenoxy) is 1. The van der Waals surface area contributed by atoms with Gasteiger partial charge < -0.3 is 10.1 Å². The van der Waals surface area contributed by atoms with Crippen LogP contribution in [0.1, 0.15) is 17.2 Å². The number of hydrogen-bond donors (Lipinski definition) is 1. The Labute approximate surface area is 129 Å². The van der Waals surface area contributed by atoms with Crippen molar-refractivity contribution in [3.63, 3.8) is 0 Å². The summed E-state index contributed by atoms with van der Waals surface area (Å²) < 4.78 is 46.7. The maximum absolute atomic E-state index is 14.2. The maximum atomic E-state index is 14.2. The molecule has 0 heterocycles. The van der Waals surface area contributed by atoms with Crippen LogP contribution < -0.4 is 10.1 Å². The van der Waals surface area contributed by atoms with E-state index in [1.807, 2.05) is 0 Å². The number of methoxy groups -OCH3 is 1. The summed E-state index contributed by atoms with van der Waals surface area (Å²) >= 11 is 3.04. The van der Waals surface area contributed by atoms with Gasteiger partial charge in [-0.3, -0.25) is 0 Å². The van der Waals surface area contributed by atoms with Gasteiger partial charge in [-0.15, -0.1) is 0 Å². The molecule has 112 valence electrons. The molecule has 0 spiro atoms. The zero-order valence-electron chi connectivity index (χ0n) is 11.4. The van der Waals surface area contributed by atoms with Crippen LogP contribution in [0.3, 0.4) is 0 Å². The first-order chi connectivity index (χ1) is 9.99. The Morgan fingerprint density at radius 2 is 1.76 bits per heavy atom. The Bertz CT molecular complexity index is 664. The van der Waals surface area contributed by atoms with Crippen molar-refractivity contribution in [2.45, 2.75) is 6.04 Å². The van der Waals surface area contributed by atoms with Crippen LogP contribution in [0.15, 0.2) is 34.8 Å². The minimum absolute atomic E-state index is 0.0172. The zero-order valence-corrected chi connectivity index (χ0v) is 13.0. The third-order valence-electron chi connectivity index (χ3n) is 3.17. The summed E-state index contributed by atoms with van der Waals surface area (Å²) in [6.45, 7) is 0. The molecule has 2 aromatic rings. The van der Waals surface area contributed by atoms with Crippen molar-refractivity contribution in [1.29, 1.82) is 0 Å². The topological polar surface area (TPSA) is 21.3 Å². The van der Waals surface area contributed by atoms with Crippen LogP contribution >= 0.6 is 15.9 Å². The highest BCUT2D eigenvalue weighted by Crippen LogP contribution is 2.32. The summed E-state index contributed by atoms with van der Waals surface area (Å²) in [6.07, 6.45) is 0. The second-order valence-electron chi connectivity index (χ2n) is 4.37. The van der Waals surface area contributed by atoms with Crippen LogP contribution in [-0.2, 0) is 0 Å². The number of benzene rings is 2. The number of rotatable bonds is 4. The quantitative estimate of drug-likeness (QED) is 0.826. The lowest BCUT2D eigenvalue weighted by molar-refractivity contribution is 0.385. The first-order valence-electron chi connectivity index (χ1n) is 6.13. The van der Waals surface area contributed by atoms with E-state index < -0.39 is 23.5 Å². The lowest BCUT2D eigenvalue weighted by Gasteiger charge is -2.20. The van der Waals surface area contributed by atoms with Gasteiger partial charge in [0, 0.05) is 5.56 Å². The van der Waals surface area contributed by atoms with E-state index in [0.717, 1.165) is 0 Å². The molecule has 6 heteroatoms. The highest BCUT2D eigenvalue weighted by atomic mass is 79.9.